The number of hydrogen-bond donors (Lipinski definition) is 1. The van der Waals surface area contributed by atoms with Gasteiger partial charge in [0.25, 0.3) is 5.69 Å². The minimum absolute atomic E-state index is 0.0546. The maximum Gasteiger partial charge on any atom is 0.271 e. The van der Waals surface area contributed by atoms with Crippen molar-refractivity contribution in [3.63, 3.8) is 0 Å². The van der Waals surface area contributed by atoms with Crippen molar-refractivity contribution in [1.29, 1.82) is 0 Å². The molecule has 8 nitrogen and oxygen atoms in total. The molecule has 1 aromatic carbocycles. The maximum absolute atomic E-state index is 10.8. The first-order valence-electron chi connectivity index (χ1n) is 6.10. The van der Waals surface area contributed by atoms with Crippen LogP contribution in [0.2, 0.25) is 5.02 Å². The Morgan fingerprint density at radius 2 is 2.30 bits per heavy atom. The van der Waals surface area contributed by atoms with E-state index in [1.807, 2.05) is 0 Å². The molecule has 0 bridgehead atoms. The smallest absolute Gasteiger partial charge is 0.271 e. The van der Waals surface area contributed by atoms with E-state index in [4.69, 9.17) is 11.6 Å². The van der Waals surface area contributed by atoms with Crippen LogP contribution >= 0.6 is 11.6 Å². The van der Waals surface area contributed by atoms with Crippen molar-refractivity contribution in [3.8, 4) is 5.69 Å². The molecule has 0 amide bonds. The average Bonchev–Trinajstić information content (AvgIpc) is 3.14. The van der Waals surface area contributed by atoms with Crippen molar-refractivity contribution < 1.29 is 4.92 Å². The van der Waals surface area contributed by atoms with E-state index in [0.29, 0.717) is 29.1 Å². The number of nitro groups is 1. The third-order valence-electron chi connectivity index (χ3n) is 3.03. The summed E-state index contributed by atoms with van der Waals surface area (Å²) in [7, 11) is 0. The van der Waals surface area contributed by atoms with Crippen molar-refractivity contribution in [1.82, 2.24) is 25.5 Å². The Balaban J connectivity index is 1.93. The third kappa shape index (κ3) is 2.61. The number of nitro benzene ring substituents is 1. The van der Waals surface area contributed by atoms with Crippen LogP contribution in [0.5, 0.6) is 0 Å². The van der Waals surface area contributed by atoms with E-state index >= 15 is 0 Å². The Bertz CT molecular complexity index is 654. The van der Waals surface area contributed by atoms with Gasteiger partial charge in [-0.25, -0.2) is 0 Å². The molecule has 9 heteroatoms. The van der Waals surface area contributed by atoms with E-state index < -0.39 is 4.92 Å². The maximum atomic E-state index is 10.8. The number of tetrazole rings is 1. The van der Waals surface area contributed by atoms with E-state index in [0.717, 1.165) is 12.8 Å². The Kier molecular flexibility index (Phi) is 3.33. The highest BCUT2D eigenvalue weighted by atomic mass is 35.5. The van der Waals surface area contributed by atoms with Gasteiger partial charge in [0, 0.05) is 18.2 Å². The fourth-order valence-electron chi connectivity index (χ4n) is 1.80. The zero-order valence-electron chi connectivity index (χ0n) is 10.4. The summed E-state index contributed by atoms with van der Waals surface area (Å²) < 4.78 is 1.42. The van der Waals surface area contributed by atoms with E-state index in [9.17, 15) is 10.1 Å². The van der Waals surface area contributed by atoms with Gasteiger partial charge >= 0.3 is 0 Å². The lowest BCUT2D eigenvalue weighted by atomic mass is 10.3. The summed E-state index contributed by atoms with van der Waals surface area (Å²) in [4.78, 5) is 10.4. The summed E-state index contributed by atoms with van der Waals surface area (Å²) in [6, 6.07) is 4.69. The topological polar surface area (TPSA) is 98.8 Å². The number of rotatable bonds is 5. The Morgan fingerprint density at radius 3 is 3.00 bits per heavy atom. The van der Waals surface area contributed by atoms with Gasteiger partial charge < -0.3 is 5.32 Å². The number of hydrogen-bond acceptors (Lipinski definition) is 6. The Labute approximate surface area is 118 Å². The predicted octanol–water partition coefficient (Wildman–Crippen LogP) is 1.48. The first kappa shape index (κ1) is 12.9. The quantitative estimate of drug-likeness (QED) is 0.662. The molecule has 20 heavy (non-hydrogen) atoms. The Hall–Kier alpha value is -2.06. The zero-order chi connectivity index (χ0) is 14.1. The van der Waals surface area contributed by atoms with Crippen LogP contribution in [0.3, 0.4) is 0 Å². The fraction of sp³-hybridized carbons (Fsp3) is 0.364. The monoisotopic (exact) mass is 294 g/mol. The fourth-order valence-corrected chi connectivity index (χ4v) is 2.00. The molecule has 0 aliphatic heterocycles. The number of benzene rings is 1. The third-order valence-corrected chi connectivity index (χ3v) is 3.35. The molecule has 0 saturated heterocycles. The summed E-state index contributed by atoms with van der Waals surface area (Å²) in [5, 5.41) is 25.9. The molecule has 1 aliphatic rings. The van der Waals surface area contributed by atoms with Crippen LogP contribution < -0.4 is 5.32 Å². The van der Waals surface area contributed by atoms with Gasteiger partial charge in [0.05, 0.1) is 22.2 Å². The number of nitrogens with one attached hydrogen (secondary N) is 1. The lowest BCUT2D eigenvalue weighted by Gasteiger charge is -2.07. The van der Waals surface area contributed by atoms with Crippen molar-refractivity contribution in [2.45, 2.75) is 25.4 Å². The lowest BCUT2D eigenvalue weighted by molar-refractivity contribution is -0.384. The molecular weight excluding hydrogens is 284 g/mol. The van der Waals surface area contributed by atoms with Crippen molar-refractivity contribution in [2.75, 3.05) is 0 Å². The average molecular weight is 295 g/mol. The number of halogens is 1. The summed E-state index contributed by atoms with van der Waals surface area (Å²) in [6.45, 7) is 0.497. The van der Waals surface area contributed by atoms with Gasteiger partial charge in [-0.15, -0.1) is 5.10 Å². The van der Waals surface area contributed by atoms with Crippen molar-refractivity contribution >= 4 is 17.3 Å². The van der Waals surface area contributed by atoms with Crippen molar-refractivity contribution in [2.24, 2.45) is 0 Å². The molecule has 1 aromatic heterocycles. The summed E-state index contributed by atoms with van der Waals surface area (Å²) in [5.74, 6) is 0.569. The first-order valence-corrected chi connectivity index (χ1v) is 6.48. The number of aromatic nitrogens is 4. The van der Waals surface area contributed by atoms with E-state index in [2.05, 4.69) is 20.8 Å². The van der Waals surface area contributed by atoms with Gasteiger partial charge in [0.15, 0.2) is 5.82 Å². The molecule has 0 atom stereocenters. The van der Waals surface area contributed by atoms with E-state index in [-0.39, 0.29) is 5.69 Å². The minimum atomic E-state index is -0.480. The van der Waals surface area contributed by atoms with Crippen LogP contribution in [-0.2, 0) is 6.54 Å². The standard InChI is InChI=1S/C11H11ClN6O2/c12-9-4-3-8(18(19)20)5-10(9)17-11(14-15-16-17)6-13-7-1-2-7/h3-5,7,13H,1-2,6H2. The molecule has 2 aromatic rings. The molecule has 1 saturated carbocycles. The second kappa shape index (κ2) is 5.14. The summed E-state index contributed by atoms with van der Waals surface area (Å²) in [6.07, 6.45) is 2.30. The normalized spacial score (nSPS) is 14.4. The molecule has 0 spiro atoms. The summed E-state index contributed by atoms with van der Waals surface area (Å²) >= 11 is 6.08. The van der Waals surface area contributed by atoms with Gasteiger partial charge in [-0.05, 0) is 29.3 Å². The largest absolute Gasteiger partial charge is 0.307 e. The van der Waals surface area contributed by atoms with Gasteiger partial charge in [-0.1, -0.05) is 11.6 Å². The highest BCUT2D eigenvalue weighted by Crippen LogP contribution is 2.25. The molecule has 1 fully saturated rings. The molecular formula is C11H11ClN6O2. The van der Waals surface area contributed by atoms with Gasteiger partial charge in [-0.3, -0.25) is 10.1 Å². The molecule has 1 heterocycles. The van der Waals surface area contributed by atoms with Crippen molar-refractivity contribution in [3.05, 3.63) is 39.2 Å². The highest BCUT2D eigenvalue weighted by molar-refractivity contribution is 6.32. The highest BCUT2D eigenvalue weighted by Gasteiger charge is 2.22. The van der Waals surface area contributed by atoms with Gasteiger partial charge in [0.1, 0.15) is 0 Å². The second-order valence-electron chi connectivity index (χ2n) is 4.55. The van der Waals surface area contributed by atoms with Gasteiger partial charge in [0.2, 0.25) is 0 Å². The van der Waals surface area contributed by atoms with Crippen LogP contribution in [0.15, 0.2) is 18.2 Å². The number of nitrogens with zero attached hydrogens (tertiary/aromatic N) is 5. The molecule has 3 rings (SSSR count). The van der Waals surface area contributed by atoms with Crippen LogP contribution in [0, 0.1) is 10.1 Å². The van der Waals surface area contributed by atoms with Crippen LogP contribution in [0.1, 0.15) is 18.7 Å². The second-order valence-corrected chi connectivity index (χ2v) is 4.96. The molecule has 0 radical (unpaired) electrons. The van der Waals surface area contributed by atoms with Crippen LogP contribution in [0.4, 0.5) is 5.69 Å². The molecule has 0 unspecified atom stereocenters. The van der Waals surface area contributed by atoms with Crippen LogP contribution in [-0.4, -0.2) is 31.2 Å². The summed E-state index contributed by atoms with van der Waals surface area (Å²) in [5.41, 5.74) is 0.347. The molecule has 1 aliphatic carbocycles. The van der Waals surface area contributed by atoms with E-state index in [1.165, 1.54) is 22.9 Å². The first-order chi connectivity index (χ1) is 9.65. The predicted molar refractivity (Wildman–Crippen MR) is 70.7 cm³/mol. The van der Waals surface area contributed by atoms with Crippen LogP contribution in [0.25, 0.3) is 5.69 Å². The molecule has 104 valence electrons. The Morgan fingerprint density at radius 1 is 1.50 bits per heavy atom. The minimum Gasteiger partial charge on any atom is -0.307 e. The van der Waals surface area contributed by atoms with Gasteiger partial charge in [-0.2, -0.15) is 4.68 Å². The SMILES string of the molecule is O=[N+]([O-])c1ccc(Cl)c(-n2nnnc2CNC2CC2)c1. The lowest BCUT2D eigenvalue weighted by Crippen LogP contribution is -2.19. The van der Waals surface area contributed by atoms with E-state index in [1.54, 1.807) is 0 Å². The zero-order valence-corrected chi connectivity index (χ0v) is 11.1. The number of non-ortho nitro benzene ring substituents is 1. The molecule has 1 N–H and O–H groups in total.